The lowest BCUT2D eigenvalue weighted by molar-refractivity contribution is -0.152. The topological polar surface area (TPSA) is 92.3 Å². The molecule has 8 heteroatoms. The molecule has 0 spiro atoms. The number of nitrogen functional groups attached to an aromatic ring is 1. The van der Waals surface area contributed by atoms with Crippen LogP contribution in [0.2, 0.25) is 5.28 Å². The van der Waals surface area contributed by atoms with Gasteiger partial charge in [-0.15, -0.1) is 6.42 Å². The van der Waals surface area contributed by atoms with Crippen molar-refractivity contribution < 1.29 is 14.3 Å². The fraction of sp³-hybridized carbons (Fsp3) is 0.348. The van der Waals surface area contributed by atoms with Gasteiger partial charge in [0.25, 0.3) is 0 Å². The summed E-state index contributed by atoms with van der Waals surface area (Å²) in [6.45, 7) is 0.0151. The molecule has 0 saturated carbocycles. The van der Waals surface area contributed by atoms with Gasteiger partial charge in [0.2, 0.25) is 5.28 Å². The lowest BCUT2D eigenvalue weighted by Gasteiger charge is -2.24. The Morgan fingerprint density at radius 3 is 2.94 bits per heavy atom. The monoisotopic (exact) mass is 438 g/mol. The van der Waals surface area contributed by atoms with E-state index in [0.29, 0.717) is 42.5 Å². The average Bonchev–Trinajstić information content (AvgIpc) is 3.38. The van der Waals surface area contributed by atoms with Gasteiger partial charge in [0.1, 0.15) is 24.3 Å². The van der Waals surface area contributed by atoms with E-state index < -0.39 is 5.60 Å². The third-order valence-corrected chi connectivity index (χ3v) is 5.63. The molecule has 0 amide bonds. The van der Waals surface area contributed by atoms with Crippen molar-refractivity contribution in [2.24, 2.45) is 0 Å². The zero-order valence-corrected chi connectivity index (χ0v) is 17.7. The summed E-state index contributed by atoms with van der Waals surface area (Å²) < 4.78 is 13.5. The largest absolute Gasteiger partial charge is 0.462 e. The Hall–Kier alpha value is -3.08. The third kappa shape index (κ3) is 4.66. The van der Waals surface area contributed by atoms with Crippen LogP contribution >= 0.6 is 11.6 Å². The van der Waals surface area contributed by atoms with E-state index in [-0.39, 0.29) is 24.1 Å². The predicted octanol–water partition coefficient (Wildman–Crippen LogP) is 3.91. The molecule has 2 N–H and O–H groups in total. The van der Waals surface area contributed by atoms with Crippen LogP contribution in [-0.4, -0.2) is 32.7 Å². The van der Waals surface area contributed by atoms with E-state index in [4.69, 9.17) is 33.2 Å². The molecule has 0 radical (unpaired) electrons. The number of carbonyl (C=O) groups excluding carboxylic acids is 1. The molecule has 1 aromatic carbocycles. The van der Waals surface area contributed by atoms with Crippen LogP contribution in [0.4, 0.5) is 5.82 Å². The second-order valence-corrected chi connectivity index (χ2v) is 7.93. The Morgan fingerprint density at radius 1 is 1.35 bits per heavy atom. The number of halogens is 1. The van der Waals surface area contributed by atoms with Crippen molar-refractivity contribution in [2.75, 3.05) is 12.3 Å². The van der Waals surface area contributed by atoms with Gasteiger partial charge in [-0.25, -0.2) is 4.98 Å². The molecule has 7 nitrogen and oxygen atoms in total. The highest BCUT2D eigenvalue weighted by atomic mass is 35.5. The summed E-state index contributed by atoms with van der Waals surface area (Å²) in [6.07, 6.45) is 10.3. The molecule has 1 aliphatic rings. The van der Waals surface area contributed by atoms with Crippen LogP contribution < -0.4 is 5.73 Å². The summed E-state index contributed by atoms with van der Waals surface area (Å²) in [7, 11) is 0. The molecule has 4 rings (SSSR count). The number of ether oxygens (including phenoxy) is 2. The van der Waals surface area contributed by atoms with Crippen LogP contribution in [0.3, 0.4) is 0 Å². The minimum absolute atomic E-state index is 0.0151. The standard InChI is InChI=1S/C23H23ClN4O3/c1-2-23(15-30-19(29)10-6-9-16-7-4-3-5-8-16)13-11-18(31-23)28-14-12-17-20(25)26-22(24)27-21(17)28/h1,3-5,7-8,12,14,18H,6,9-11,13,15H2,(H2,25,26,27)/t18-,23+/m1/s1. The number of anilines is 1. The number of fused-ring (bicyclic) bond motifs is 1. The van der Waals surface area contributed by atoms with Crippen LogP contribution in [0.1, 0.15) is 37.5 Å². The fourth-order valence-corrected chi connectivity index (χ4v) is 3.97. The molecule has 160 valence electrons. The minimum Gasteiger partial charge on any atom is -0.462 e. The van der Waals surface area contributed by atoms with Gasteiger partial charge in [-0.2, -0.15) is 4.98 Å². The number of esters is 1. The molecule has 31 heavy (non-hydrogen) atoms. The number of nitrogens with zero attached hydrogens (tertiary/aromatic N) is 3. The Bertz CT molecular complexity index is 1130. The lowest BCUT2D eigenvalue weighted by Crippen LogP contribution is -2.34. The van der Waals surface area contributed by atoms with Gasteiger partial charge < -0.3 is 19.8 Å². The van der Waals surface area contributed by atoms with Crippen LogP contribution in [-0.2, 0) is 20.7 Å². The normalized spacial score (nSPS) is 20.6. The predicted molar refractivity (Wildman–Crippen MR) is 118 cm³/mol. The molecular weight excluding hydrogens is 416 g/mol. The van der Waals surface area contributed by atoms with Gasteiger partial charge in [-0.05, 0) is 48.9 Å². The summed E-state index contributed by atoms with van der Waals surface area (Å²) in [5.74, 6) is 2.71. The van der Waals surface area contributed by atoms with Gasteiger partial charge in [-0.3, -0.25) is 4.79 Å². The molecular formula is C23H23ClN4O3. The molecule has 0 unspecified atom stereocenters. The van der Waals surface area contributed by atoms with Gasteiger partial charge >= 0.3 is 5.97 Å². The van der Waals surface area contributed by atoms with E-state index >= 15 is 0 Å². The van der Waals surface area contributed by atoms with Gasteiger partial charge in [0.15, 0.2) is 5.60 Å². The van der Waals surface area contributed by atoms with Crippen LogP contribution in [0.15, 0.2) is 42.6 Å². The van der Waals surface area contributed by atoms with Crippen LogP contribution in [0.25, 0.3) is 11.0 Å². The Balaban J connectivity index is 1.35. The number of carbonyl (C=O) groups is 1. The minimum atomic E-state index is -0.973. The van der Waals surface area contributed by atoms with E-state index in [2.05, 4.69) is 15.9 Å². The van der Waals surface area contributed by atoms with Crippen molar-refractivity contribution >= 4 is 34.4 Å². The fourth-order valence-electron chi connectivity index (χ4n) is 3.80. The number of aromatic nitrogens is 3. The lowest BCUT2D eigenvalue weighted by atomic mass is 10.0. The maximum atomic E-state index is 12.2. The van der Waals surface area contributed by atoms with Gasteiger partial charge in [0, 0.05) is 12.6 Å². The van der Waals surface area contributed by atoms with Crippen molar-refractivity contribution in [3.05, 3.63) is 53.4 Å². The second-order valence-electron chi connectivity index (χ2n) is 7.59. The second kappa shape index (κ2) is 8.96. The third-order valence-electron chi connectivity index (χ3n) is 5.46. The zero-order chi connectivity index (χ0) is 21.8. The molecule has 1 aliphatic heterocycles. The van der Waals surface area contributed by atoms with E-state index in [1.807, 2.05) is 47.2 Å². The van der Waals surface area contributed by atoms with Crippen molar-refractivity contribution in [1.82, 2.24) is 14.5 Å². The van der Waals surface area contributed by atoms with Gasteiger partial charge in [0.05, 0.1) is 5.39 Å². The van der Waals surface area contributed by atoms with E-state index in [9.17, 15) is 4.79 Å². The summed E-state index contributed by atoms with van der Waals surface area (Å²) in [5.41, 5.74) is 6.73. The van der Waals surface area contributed by atoms with Crippen molar-refractivity contribution in [3.63, 3.8) is 0 Å². The van der Waals surface area contributed by atoms with E-state index in [0.717, 1.165) is 6.42 Å². The quantitative estimate of drug-likeness (QED) is 0.341. The SMILES string of the molecule is C#C[C@@]1(COC(=O)CCCc2ccccc2)CC[C@H](n2ccc3c(N)nc(Cl)nc32)O1. The number of nitrogens with two attached hydrogens (primary N) is 1. The van der Waals surface area contributed by atoms with Crippen molar-refractivity contribution in [1.29, 1.82) is 0 Å². The number of hydrogen-bond donors (Lipinski definition) is 1. The number of aryl methyl sites for hydroxylation is 1. The highest BCUT2D eigenvalue weighted by Crippen LogP contribution is 2.38. The van der Waals surface area contributed by atoms with Crippen LogP contribution in [0, 0.1) is 12.3 Å². The Labute approximate surface area is 185 Å². The highest BCUT2D eigenvalue weighted by Gasteiger charge is 2.41. The van der Waals surface area contributed by atoms with E-state index in [1.165, 1.54) is 5.56 Å². The Kier molecular flexibility index (Phi) is 6.12. The first-order valence-electron chi connectivity index (χ1n) is 10.1. The van der Waals surface area contributed by atoms with Gasteiger partial charge in [-0.1, -0.05) is 36.3 Å². The summed E-state index contributed by atoms with van der Waals surface area (Å²) in [5, 5.41) is 0.756. The highest BCUT2D eigenvalue weighted by molar-refractivity contribution is 6.28. The molecule has 3 aromatic rings. The summed E-state index contributed by atoms with van der Waals surface area (Å²) >= 11 is 5.96. The average molecular weight is 439 g/mol. The summed E-state index contributed by atoms with van der Waals surface area (Å²) in [6, 6.07) is 11.8. The number of benzene rings is 1. The molecule has 1 saturated heterocycles. The number of hydrogen-bond acceptors (Lipinski definition) is 6. The first kappa shape index (κ1) is 21.2. The molecule has 2 aromatic heterocycles. The molecule has 3 heterocycles. The van der Waals surface area contributed by atoms with Crippen LogP contribution in [0.5, 0.6) is 0 Å². The molecule has 1 fully saturated rings. The molecule has 0 bridgehead atoms. The molecule has 0 aliphatic carbocycles. The number of terminal acetylenes is 1. The maximum absolute atomic E-state index is 12.2. The number of rotatable bonds is 7. The molecule has 2 atom stereocenters. The van der Waals surface area contributed by atoms with Crippen molar-refractivity contribution in [2.45, 2.75) is 43.9 Å². The first-order valence-corrected chi connectivity index (χ1v) is 10.5. The summed E-state index contributed by atoms with van der Waals surface area (Å²) in [4.78, 5) is 20.4. The first-order chi connectivity index (χ1) is 15.0. The van der Waals surface area contributed by atoms with E-state index in [1.54, 1.807) is 0 Å². The maximum Gasteiger partial charge on any atom is 0.305 e. The Morgan fingerprint density at radius 2 is 2.16 bits per heavy atom. The smallest absolute Gasteiger partial charge is 0.305 e. The van der Waals surface area contributed by atoms with Crippen molar-refractivity contribution in [3.8, 4) is 12.3 Å². The zero-order valence-electron chi connectivity index (χ0n) is 17.0.